The molecule has 0 atom stereocenters. The zero-order valence-corrected chi connectivity index (χ0v) is 17.3. The number of carbonyl (C=O) groups is 1. The molecule has 0 unspecified atom stereocenters. The zero-order valence-electron chi connectivity index (χ0n) is 17.3. The van der Waals surface area contributed by atoms with Gasteiger partial charge in [0.2, 0.25) is 0 Å². The van der Waals surface area contributed by atoms with E-state index in [1.54, 1.807) is 37.6 Å². The quantitative estimate of drug-likeness (QED) is 0.607. The average molecular weight is 393 g/mol. The molecule has 29 heavy (non-hydrogen) atoms. The number of nitrogens with one attached hydrogen (secondary N) is 1. The van der Waals surface area contributed by atoms with Gasteiger partial charge in [0.05, 0.1) is 19.9 Å². The monoisotopic (exact) mass is 393 g/mol. The molecule has 5 heteroatoms. The number of para-hydroxylation sites is 1. The first-order chi connectivity index (χ1) is 13.9. The van der Waals surface area contributed by atoms with Crippen molar-refractivity contribution >= 4 is 5.91 Å². The van der Waals surface area contributed by atoms with Crippen LogP contribution in [0.15, 0.2) is 65.3 Å². The van der Waals surface area contributed by atoms with E-state index in [1.807, 2.05) is 24.3 Å². The first kappa shape index (κ1) is 20.5. The first-order valence-electron chi connectivity index (χ1n) is 9.58. The Kier molecular flexibility index (Phi) is 6.27. The van der Waals surface area contributed by atoms with Crippen LogP contribution >= 0.6 is 0 Å². The van der Waals surface area contributed by atoms with E-state index in [-0.39, 0.29) is 11.3 Å². The first-order valence-corrected chi connectivity index (χ1v) is 9.58. The Morgan fingerprint density at radius 1 is 1.03 bits per heavy atom. The molecular formula is C24H27NO4. The minimum atomic E-state index is -0.180. The lowest BCUT2D eigenvalue weighted by atomic mass is 9.86. The van der Waals surface area contributed by atoms with E-state index in [1.165, 1.54) is 0 Å². The molecule has 3 rings (SSSR count). The molecule has 1 heterocycles. The third-order valence-corrected chi connectivity index (χ3v) is 4.62. The van der Waals surface area contributed by atoms with Crippen LogP contribution in [0.4, 0.5) is 0 Å². The lowest BCUT2D eigenvalue weighted by Gasteiger charge is -2.23. The summed E-state index contributed by atoms with van der Waals surface area (Å²) in [5, 5.41) is 2.85. The lowest BCUT2D eigenvalue weighted by Crippen LogP contribution is -2.22. The summed E-state index contributed by atoms with van der Waals surface area (Å²) < 4.78 is 16.8. The molecule has 0 radical (unpaired) electrons. The number of hydrogen-bond donors (Lipinski definition) is 1. The number of rotatable bonds is 7. The molecule has 2 aromatic carbocycles. The molecule has 0 aliphatic carbocycles. The smallest absolute Gasteiger partial charge is 0.251 e. The van der Waals surface area contributed by atoms with Crippen LogP contribution in [0, 0.1) is 0 Å². The van der Waals surface area contributed by atoms with Gasteiger partial charge in [-0.25, -0.2) is 0 Å². The van der Waals surface area contributed by atoms with Gasteiger partial charge in [-0.1, -0.05) is 39.0 Å². The van der Waals surface area contributed by atoms with Crippen LogP contribution in [0.2, 0.25) is 0 Å². The van der Waals surface area contributed by atoms with Crippen LogP contribution in [0.25, 0.3) is 0 Å². The Labute approximate surface area is 171 Å². The van der Waals surface area contributed by atoms with Crippen LogP contribution in [0.1, 0.15) is 48.0 Å². The maximum atomic E-state index is 12.5. The van der Waals surface area contributed by atoms with E-state index in [0.717, 1.165) is 16.9 Å². The van der Waals surface area contributed by atoms with Crippen molar-refractivity contribution in [2.75, 3.05) is 7.11 Å². The summed E-state index contributed by atoms with van der Waals surface area (Å²) in [5.41, 5.74) is 2.45. The molecule has 0 bridgehead atoms. The van der Waals surface area contributed by atoms with Crippen LogP contribution in [-0.4, -0.2) is 13.0 Å². The fraction of sp³-hybridized carbons (Fsp3) is 0.292. The van der Waals surface area contributed by atoms with E-state index in [2.05, 4.69) is 32.2 Å². The maximum Gasteiger partial charge on any atom is 0.251 e. The highest BCUT2D eigenvalue weighted by atomic mass is 16.5. The van der Waals surface area contributed by atoms with Gasteiger partial charge in [0, 0.05) is 11.1 Å². The lowest BCUT2D eigenvalue weighted by molar-refractivity contribution is 0.0948. The standard InChI is InChI=1S/C24H27NO4/c1-24(2,3)20-9-5-6-10-22(20)29-16-18-14-17(11-12-21(18)27-4)23(26)25-15-19-8-7-13-28-19/h5-14H,15-16H2,1-4H3,(H,25,26). The van der Waals surface area contributed by atoms with E-state index in [0.29, 0.717) is 30.2 Å². The van der Waals surface area contributed by atoms with Gasteiger partial charge in [0.1, 0.15) is 23.9 Å². The minimum Gasteiger partial charge on any atom is -0.496 e. The second kappa shape index (κ2) is 8.86. The highest BCUT2D eigenvalue weighted by molar-refractivity contribution is 5.94. The molecule has 0 saturated carbocycles. The third kappa shape index (κ3) is 5.19. The molecular weight excluding hydrogens is 366 g/mol. The van der Waals surface area contributed by atoms with Crippen LogP contribution in [0.5, 0.6) is 11.5 Å². The molecule has 5 nitrogen and oxygen atoms in total. The van der Waals surface area contributed by atoms with Crippen molar-refractivity contribution < 1.29 is 18.7 Å². The number of methoxy groups -OCH3 is 1. The van der Waals surface area contributed by atoms with Gasteiger partial charge in [0.15, 0.2) is 0 Å². The summed E-state index contributed by atoms with van der Waals surface area (Å²) in [6.07, 6.45) is 1.58. The summed E-state index contributed by atoms with van der Waals surface area (Å²) in [4.78, 5) is 12.5. The Bertz CT molecular complexity index is 955. The Balaban J connectivity index is 1.75. The predicted octanol–water partition coefficient (Wildman–Crippen LogP) is 5.09. The highest BCUT2D eigenvalue weighted by Gasteiger charge is 2.19. The molecule has 0 fully saturated rings. The largest absolute Gasteiger partial charge is 0.496 e. The van der Waals surface area contributed by atoms with E-state index in [4.69, 9.17) is 13.9 Å². The molecule has 0 aliphatic heterocycles. The van der Waals surface area contributed by atoms with Gasteiger partial charge in [-0.15, -0.1) is 0 Å². The summed E-state index contributed by atoms with van der Waals surface area (Å²) in [5.74, 6) is 2.03. The maximum absolute atomic E-state index is 12.5. The number of amides is 1. The number of ether oxygens (including phenoxy) is 2. The van der Waals surface area contributed by atoms with Gasteiger partial charge in [0.25, 0.3) is 5.91 Å². The van der Waals surface area contributed by atoms with Gasteiger partial charge >= 0.3 is 0 Å². The number of hydrogen-bond acceptors (Lipinski definition) is 4. The highest BCUT2D eigenvalue weighted by Crippen LogP contribution is 2.32. The molecule has 1 amide bonds. The number of carbonyl (C=O) groups excluding carboxylic acids is 1. The van der Waals surface area contributed by atoms with Crippen molar-refractivity contribution in [3.05, 3.63) is 83.3 Å². The molecule has 3 aromatic rings. The normalized spacial score (nSPS) is 11.2. The summed E-state index contributed by atoms with van der Waals surface area (Å²) in [7, 11) is 1.61. The molecule has 1 N–H and O–H groups in total. The van der Waals surface area contributed by atoms with Crippen LogP contribution in [-0.2, 0) is 18.6 Å². The second-order valence-electron chi connectivity index (χ2n) is 7.82. The van der Waals surface area contributed by atoms with Crippen molar-refractivity contribution in [1.82, 2.24) is 5.32 Å². The van der Waals surface area contributed by atoms with Crippen LogP contribution in [0.3, 0.4) is 0 Å². The molecule has 0 aliphatic rings. The second-order valence-corrected chi connectivity index (χ2v) is 7.82. The van der Waals surface area contributed by atoms with Crippen molar-refractivity contribution in [3.8, 4) is 11.5 Å². The zero-order chi connectivity index (χ0) is 20.9. The molecule has 0 spiro atoms. The van der Waals surface area contributed by atoms with Crippen LogP contribution < -0.4 is 14.8 Å². The average Bonchev–Trinajstić information content (AvgIpc) is 3.23. The van der Waals surface area contributed by atoms with Gasteiger partial charge in [-0.2, -0.15) is 0 Å². The fourth-order valence-corrected chi connectivity index (χ4v) is 3.08. The Morgan fingerprint density at radius 2 is 1.83 bits per heavy atom. The van der Waals surface area contributed by atoms with E-state index < -0.39 is 0 Å². The number of benzene rings is 2. The summed E-state index contributed by atoms with van der Waals surface area (Å²) in [6.45, 7) is 7.09. The van der Waals surface area contributed by atoms with E-state index >= 15 is 0 Å². The summed E-state index contributed by atoms with van der Waals surface area (Å²) >= 11 is 0. The van der Waals surface area contributed by atoms with Gasteiger partial charge in [-0.3, -0.25) is 4.79 Å². The predicted molar refractivity (Wildman–Crippen MR) is 112 cm³/mol. The molecule has 1 aromatic heterocycles. The Hall–Kier alpha value is -3.21. The van der Waals surface area contributed by atoms with Crippen molar-refractivity contribution in [2.45, 2.75) is 39.3 Å². The third-order valence-electron chi connectivity index (χ3n) is 4.62. The van der Waals surface area contributed by atoms with E-state index in [9.17, 15) is 4.79 Å². The number of furan rings is 1. The van der Waals surface area contributed by atoms with Gasteiger partial charge in [-0.05, 0) is 47.4 Å². The van der Waals surface area contributed by atoms with Crippen molar-refractivity contribution in [1.29, 1.82) is 0 Å². The Morgan fingerprint density at radius 3 is 2.52 bits per heavy atom. The van der Waals surface area contributed by atoms with Crippen molar-refractivity contribution in [2.24, 2.45) is 0 Å². The minimum absolute atomic E-state index is 0.0335. The fourth-order valence-electron chi connectivity index (χ4n) is 3.08. The molecule has 152 valence electrons. The van der Waals surface area contributed by atoms with Gasteiger partial charge < -0.3 is 19.2 Å². The SMILES string of the molecule is COc1ccc(C(=O)NCc2ccco2)cc1COc1ccccc1C(C)(C)C. The van der Waals surface area contributed by atoms with Crippen molar-refractivity contribution in [3.63, 3.8) is 0 Å². The summed E-state index contributed by atoms with van der Waals surface area (Å²) in [6, 6.07) is 16.9. The topological polar surface area (TPSA) is 60.7 Å². The molecule has 0 saturated heterocycles.